The molecule has 1 saturated heterocycles. The van der Waals surface area contributed by atoms with Crippen molar-refractivity contribution in [1.82, 2.24) is 5.32 Å². The van der Waals surface area contributed by atoms with Crippen LogP contribution in [0.15, 0.2) is 93.3 Å². The maximum atomic E-state index is 13.2. The second-order valence-electron chi connectivity index (χ2n) is 7.17. The number of hydrogen-bond acceptors (Lipinski definition) is 4. The molecule has 2 heterocycles. The first-order valence-electron chi connectivity index (χ1n) is 9.76. The molecule has 0 aliphatic carbocycles. The number of barbiturate groups is 1. The molecule has 1 aromatic heterocycles. The molecule has 156 valence electrons. The quantitative estimate of drug-likeness (QED) is 0.305. The second kappa shape index (κ2) is 7.94. The fourth-order valence-electron chi connectivity index (χ4n) is 3.62. The van der Waals surface area contributed by atoms with Crippen molar-refractivity contribution >= 4 is 56.3 Å². The van der Waals surface area contributed by atoms with Crippen molar-refractivity contribution in [1.29, 1.82) is 0 Å². The summed E-state index contributed by atoms with van der Waals surface area (Å²) < 4.78 is 6.76. The van der Waals surface area contributed by atoms with Gasteiger partial charge in [-0.05, 0) is 41.8 Å². The number of halogens is 1. The molecule has 7 heteroatoms. The summed E-state index contributed by atoms with van der Waals surface area (Å²) in [7, 11) is 0. The lowest BCUT2D eigenvalue weighted by atomic mass is 10.1. The number of carbonyl (C=O) groups excluding carboxylic acids is 3. The maximum absolute atomic E-state index is 13.2. The number of hydrogen-bond donors (Lipinski definition) is 1. The summed E-state index contributed by atoms with van der Waals surface area (Å²) >= 11 is 3.39. The van der Waals surface area contributed by atoms with Crippen LogP contribution >= 0.6 is 15.9 Å². The van der Waals surface area contributed by atoms with Gasteiger partial charge >= 0.3 is 6.03 Å². The number of nitrogens with one attached hydrogen (secondary N) is 1. The van der Waals surface area contributed by atoms with Crippen molar-refractivity contribution < 1.29 is 18.8 Å². The van der Waals surface area contributed by atoms with Gasteiger partial charge in [0.15, 0.2) is 0 Å². The second-order valence-corrected chi connectivity index (χ2v) is 8.08. The van der Waals surface area contributed by atoms with Gasteiger partial charge in [-0.3, -0.25) is 14.9 Å². The number of nitrogens with zero attached hydrogens (tertiary/aromatic N) is 1. The monoisotopic (exact) mass is 486 g/mol. The number of amides is 4. The van der Waals surface area contributed by atoms with Crippen LogP contribution in [0, 0.1) is 0 Å². The third kappa shape index (κ3) is 3.52. The Kier molecular flexibility index (Phi) is 4.95. The lowest BCUT2D eigenvalue weighted by molar-refractivity contribution is -0.122. The van der Waals surface area contributed by atoms with Gasteiger partial charge in [0.05, 0.1) is 5.69 Å². The van der Waals surface area contributed by atoms with E-state index in [1.54, 1.807) is 24.3 Å². The van der Waals surface area contributed by atoms with Crippen LogP contribution in [0.1, 0.15) is 5.76 Å². The zero-order valence-electron chi connectivity index (χ0n) is 16.5. The Morgan fingerprint density at radius 3 is 2.41 bits per heavy atom. The van der Waals surface area contributed by atoms with Gasteiger partial charge in [-0.15, -0.1) is 0 Å². The SMILES string of the molecule is O=C1NC(=O)N(c2cccc3ccccc23)C(=O)/C1=C/c1ccc(-c2ccc(Br)cc2)o1. The van der Waals surface area contributed by atoms with Crippen LogP contribution in [-0.2, 0) is 9.59 Å². The lowest BCUT2D eigenvalue weighted by Crippen LogP contribution is -2.54. The lowest BCUT2D eigenvalue weighted by Gasteiger charge is -2.27. The minimum atomic E-state index is -0.788. The fourth-order valence-corrected chi connectivity index (χ4v) is 3.89. The number of imide groups is 2. The smallest absolute Gasteiger partial charge is 0.335 e. The molecule has 0 radical (unpaired) electrons. The minimum absolute atomic E-state index is 0.186. The topological polar surface area (TPSA) is 79.6 Å². The predicted octanol–water partition coefficient (Wildman–Crippen LogP) is 5.53. The average Bonchev–Trinajstić information content (AvgIpc) is 3.26. The molecule has 0 atom stereocenters. The number of rotatable bonds is 3. The Balaban J connectivity index is 1.53. The summed E-state index contributed by atoms with van der Waals surface area (Å²) in [5.74, 6) is -0.557. The zero-order chi connectivity index (χ0) is 22.2. The molecule has 0 spiro atoms. The van der Waals surface area contributed by atoms with E-state index in [9.17, 15) is 14.4 Å². The summed E-state index contributed by atoms with van der Waals surface area (Å²) in [6, 6.07) is 22.9. The van der Waals surface area contributed by atoms with Crippen molar-refractivity contribution in [2.45, 2.75) is 0 Å². The molecule has 5 rings (SSSR count). The number of carbonyl (C=O) groups is 3. The van der Waals surface area contributed by atoms with E-state index in [1.165, 1.54) is 6.08 Å². The summed E-state index contributed by atoms with van der Waals surface area (Å²) in [4.78, 5) is 39.3. The van der Waals surface area contributed by atoms with Gasteiger partial charge in [0.1, 0.15) is 17.1 Å². The van der Waals surface area contributed by atoms with Gasteiger partial charge < -0.3 is 4.42 Å². The summed E-state index contributed by atoms with van der Waals surface area (Å²) in [6.07, 6.45) is 1.35. The largest absolute Gasteiger partial charge is 0.457 e. The van der Waals surface area contributed by atoms with Gasteiger partial charge in [-0.25, -0.2) is 9.69 Å². The Hall–Kier alpha value is -3.97. The van der Waals surface area contributed by atoms with Gasteiger partial charge in [0.2, 0.25) is 0 Å². The normalized spacial score (nSPS) is 15.5. The number of fused-ring (bicyclic) bond motifs is 1. The molecular weight excluding hydrogens is 472 g/mol. The molecule has 1 aliphatic rings. The number of urea groups is 1. The van der Waals surface area contributed by atoms with E-state index in [0.29, 0.717) is 17.2 Å². The molecule has 32 heavy (non-hydrogen) atoms. The average molecular weight is 487 g/mol. The van der Waals surface area contributed by atoms with Crippen LogP contribution in [0.2, 0.25) is 0 Å². The Labute approximate surface area is 191 Å². The Morgan fingerprint density at radius 2 is 1.59 bits per heavy atom. The zero-order valence-corrected chi connectivity index (χ0v) is 18.1. The van der Waals surface area contributed by atoms with Crippen LogP contribution < -0.4 is 10.2 Å². The maximum Gasteiger partial charge on any atom is 0.335 e. The molecule has 1 fully saturated rings. The van der Waals surface area contributed by atoms with Crippen molar-refractivity contribution in [3.8, 4) is 11.3 Å². The molecule has 0 unspecified atom stereocenters. The van der Waals surface area contributed by atoms with Crippen LogP contribution in [-0.4, -0.2) is 17.8 Å². The van der Waals surface area contributed by atoms with Crippen molar-refractivity contribution in [2.75, 3.05) is 4.90 Å². The van der Waals surface area contributed by atoms with E-state index >= 15 is 0 Å². The Morgan fingerprint density at radius 1 is 0.844 bits per heavy atom. The van der Waals surface area contributed by atoms with Gasteiger partial charge in [-0.1, -0.05) is 64.5 Å². The Bertz CT molecular complexity index is 1410. The first-order chi connectivity index (χ1) is 15.5. The van der Waals surface area contributed by atoms with E-state index in [-0.39, 0.29) is 5.57 Å². The summed E-state index contributed by atoms with van der Waals surface area (Å²) in [6.45, 7) is 0. The first-order valence-corrected chi connectivity index (χ1v) is 10.6. The molecule has 1 aliphatic heterocycles. The first kappa shape index (κ1) is 20.0. The van der Waals surface area contributed by atoms with Crippen molar-refractivity contribution in [2.24, 2.45) is 0 Å². The highest BCUT2D eigenvalue weighted by Crippen LogP contribution is 2.30. The summed E-state index contributed by atoms with van der Waals surface area (Å²) in [5.41, 5.74) is 1.07. The van der Waals surface area contributed by atoms with Crippen LogP contribution in [0.5, 0.6) is 0 Å². The summed E-state index contributed by atoms with van der Waals surface area (Å²) in [5, 5.41) is 3.85. The highest BCUT2D eigenvalue weighted by molar-refractivity contribution is 9.10. The number of furan rings is 1. The van der Waals surface area contributed by atoms with Gasteiger partial charge in [0.25, 0.3) is 11.8 Å². The van der Waals surface area contributed by atoms with E-state index in [1.807, 2.05) is 54.6 Å². The molecule has 0 saturated carbocycles. The third-order valence-corrected chi connectivity index (χ3v) is 5.68. The molecule has 1 N–H and O–H groups in total. The third-order valence-electron chi connectivity index (χ3n) is 5.15. The van der Waals surface area contributed by atoms with Crippen LogP contribution in [0.25, 0.3) is 28.2 Å². The van der Waals surface area contributed by atoms with Gasteiger partial charge in [-0.2, -0.15) is 0 Å². The van der Waals surface area contributed by atoms with Crippen LogP contribution in [0.4, 0.5) is 10.5 Å². The number of benzene rings is 3. The standard InChI is InChI=1S/C25H15BrN2O4/c26-17-10-8-16(9-11-17)22-13-12-18(32-22)14-20-23(29)27-25(31)28(24(20)30)21-7-3-5-15-4-1-2-6-19(15)21/h1-14H,(H,27,29,31)/b20-14+. The molecule has 3 aromatic carbocycles. The highest BCUT2D eigenvalue weighted by Gasteiger charge is 2.37. The van der Waals surface area contributed by atoms with E-state index in [4.69, 9.17) is 4.42 Å². The fraction of sp³-hybridized carbons (Fsp3) is 0. The molecule has 6 nitrogen and oxygen atoms in total. The molecule has 4 amide bonds. The predicted molar refractivity (Wildman–Crippen MR) is 125 cm³/mol. The van der Waals surface area contributed by atoms with Crippen molar-refractivity contribution in [3.05, 3.63) is 94.7 Å². The van der Waals surface area contributed by atoms with E-state index in [2.05, 4.69) is 21.2 Å². The molecule has 0 bridgehead atoms. The number of anilines is 1. The molecular formula is C25H15BrN2O4. The van der Waals surface area contributed by atoms with E-state index in [0.717, 1.165) is 25.7 Å². The van der Waals surface area contributed by atoms with Crippen LogP contribution in [0.3, 0.4) is 0 Å². The minimum Gasteiger partial charge on any atom is -0.457 e. The van der Waals surface area contributed by atoms with E-state index < -0.39 is 17.8 Å². The van der Waals surface area contributed by atoms with Gasteiger partial charge in [0, 0.05) is 15.4 Å². The highest BCUT2D eigenvalue weighted by atomic mass is 79.9. The van der Waals surface area contributed by atoms with Crippen molar-refractivity contribution in [3.63, 3.8) is 0 Å². The molecule has 4 aromatic rings.